The molecule has 2 amide bonds. The Labute approximate surface area is 205 Å². The number of carbonyl (C=O) groups is 2. The Hall–Kier alpha value is -4.00. The largest absolute Gasteiger partial charge is 0.497 e. The summed E-state index contributed by atoms with van der Waals surface area (Å²) in [5, 5.41) is 2.79. The van der Waals surface area contributed by atoms with Gasteiger partial charge in [-0.15, -0.1) is 0 Å². The zero-order valence-corrected chi connectivity index (χ0v) is 20.6. The van der Waals surface area contributed by atoms with E-state index in [1.807, 2.05) is 74.5 Å². The van der Waals surface area contributed by atoms with Crippen LogP contribution in [0, 0.1) is 13.8 Å². The molecule has 1 aliphatic heterocycles. The first-order chi connectivity index (χ1) is 16.8. The molecule has 7 heteroatoms. The van der Waals surface area contributed by atoms with E-state index in [1.54, 1.807) is 19.1 Å². The van der Waals surface area contributed by atoms with E-state index in [1.165, 1.54) is 6.92 Å². The molecule has 0 unspecified atom stereocenters. The van der Waals surface area contributed by atoms with Crippen LogP contribution in [0.3, 0.4) is 0 Å². The van der Waals surface area contributed by atoms with Gasteiger partial charge >= 0.3 is 0 Å². The average Bonchev–Trinajstić information content (AvgIpc) is 2.84. The van der Waals surface area contributed by atoms with Gasteiger partial charge in [0.1, 0.15) is 23.3 Å². The first kappa shape index (κ1) is 24.1. The average molecular weight is 475 g/mol. The summed E-state index contributed by atoms with van der Waals surface area (Å²) in [4.78, 5) is 26.7. The molecule has 7 nitrogen and oxygen atoms in total. The highest BCUT2D eigenvalue weighted by molar-refractivity contribution is 5.90. The number of likely N-dealkylation sites (tertiary alicyclic amines) is 1. The van der Waals surface area contributed by atoms with Crippen molar-refractivity contribution in [3.63, 3.8) is 0 Å². The van der Waals surface area contributed by atoms with Crippen LogP contribution in [-0.4, -0.2) is 37.0 Å². The highest BCUT2D eigenvalue weighted by Crippen LogP contribution is 2.44. The first-order valence-corrected chi connectivity index (χ1v) is 11.4. The number of anilines is 1. The topological polar surface area (TPSA) is 77.1 Å². The van der Waals surface area contributed by atoms with Gasteiger partial charge in [-0.3, -0.25) is 9.59 Å². The zero-order valence-electron chi connectivity index (χ0n) is 20.6. The molecule has 0 spiro atoms. The normalized spacial score (nSPS) is 16.9. The van der Waals surface area contributed by atoms with Crippen molar-refractivity contribution in [3.05, 3.63) is 82.9 Å². The highest BCUT2D eigenvalue weighted by Gasteiger charge is 2.51. The van der Waals surface area contributed by atoms with Crippen molar-refractivity contribution >= 4 is 17.5 Å². The third kappa shape index (κ3) is 5.09. The number of β-lactam (4-membered cyclic amide) rings is 1. The number of rotatable bonds is 8. The summed E-state index contributed by atoms with van der Waals surface area (Å²) in [6, 6.07) is 18.6. The smallest absolute Gasteiger partial charge is 0.267 e. The van der Waals surface area contributed by atoms with Gasteiger partial charge in [0.05, 0.1) is 14.2 Å². The molecule has 0 saturated carbocycles. The number of methoxy groups -OCH3 is 2. The second-order valence-electron chi connectivity index (χ2n) is 8.71. The van der Waals surface area contributed by atoms with Crippen molar-refractivity contribution < 1.29 is 23.8 Å². The van der Waals surface area contributed by atoms with E-state index < -0.39 is 12.1 Å². The van der Waals surface area contributed by atoms with Crippen LogP contribution < -0.4 is 19.5 Å². The van der Waals surface area contributed by atoms with E-state index >= 15 is 0 Å². The van der Waals surface area contributed by atoms with Gasteiger partial charge in [0.15, 0.2) is 0 Å². The molecule has 4 rings (SSSR count). The summed E-state index contributed by atoms with van der Waals surface area (Å²) in [6.45, 7) is 5.77. The molecule has 1 fully saturated rings. The molecule has 3 aromatic carbocycles. The Bertz CT molecular complexity index is 1260. The molecule has 3 aromatic rings. The van der Waals surface area contributed by atoms with E-state index in [0.29, 0.717) is 29.5 Å². The maximum absolute atomic E-state index is 13.4. The van der Waals surface area contributed by atoms with Gasteiger partial charge in [-0.2, -0.15) is 0 Å². The summed E-state index contributed by atoms with van der Waals surface area (Å²) in [5.41, 5.74) is 4.39. The molecule has 0 bridgehead atoms. The maximum Gasteiger partial charge on any atom is 0.267 e. The Morgan fingerprint density at radius 1 is 0.971 bits per heavy atom. The quantitative estimate of drug-likeness (QED) is 0.474. The van der Waals surface area contributed by atoms with E-state index in [2.05, 4.69) is 5.32 Å². The van der Waals surface area contributed by atoms with Crippen LogP contribution in [0.5, 0.6) is 17.2 Å². The van der Waals surface area contributed by atoms with Crippen molar-refractivity contribution in [1.29, 1.82) is 0 Å². The van der Waals surface area contributed by atoms with Crippen LogP contribution in [0.2, 0.25) is 0 Å². The number of ether oxygens (including phenoxy) is 3. The number of hydrogen-bond donors (Lipinski definition) is 1. The lowest BCUT2D eigenvalue weighted by Crippen LogP contribution is -2.60. The van der Waals surface area contributed by atoms with Crippen LogP contribution in [-0.2, 0) is 16.1 Å². The van der Waals surface area contributed by atoms with Gasteiger partial charge in [-0.1, -0.05) is 24.3 Å². The molecular formula is C28H30N2O5. The van der Waals surface area contributed by atoms with Gasteiger partial charge in [0, 0.05) is 24.7 Å². The molecule has 1 aliphatic rings. The maximum atomic E-state index is 13.4. The Balaban J connectivity index is 1.70. The first-order valence-electron chi connectivity index (χ1n) is 11.4. The van der Waals surface area contributed by atoms with Crippen molar-refractivity contribution in [1.82, 2.24) is 4.90 Å². The van der Waals surface area contributed by atoms with Crippen molar-refractivity contribution in [2.45, 2.75) is 39.5 Å². The van der Waals surface area contributed by atoms with E-state index in [4.69, 9.17) is 14.2 Å². The lowest BCUT2D eigenvalue weighted by Gasteiger charge is -2.47. The van der Waals surface area contributed by atoms with Gasteiger partial charge in [0.2, 0.25) is 12.0 Å². The minimum absolute atomic E-state index is 0.120. The number of carbonyl (C=O) groups excluding carboxylic acids is 2. The third-order valence-electron chi connectivity index (χ3n) is 6.10. The molecule has 0 radical (unpaired) electrons. The molecule has 35 heavy (non-hydrogen) atoms. The second kappa shape index (κ2) is 10.1. The van der Waals surface area contributed by atoms with Gasteiger partial charge in [-0.05, 0) is 66.9 Å². The lowest BCUT2D eigenvalue weighted by atomic mass is 9.88. The number of benzene rings is 3. The Morgan fingerprint density at radius 2 is 1.77 bits per heavy atom. The monoisotopic (exact) mass is 474 g/mol. The molecule has 0 aromatic heterocycles. The summed E-state index contributed by atoms with van der Waals surface area (Å²) in [6.07, 6.45) is -0.713. The molecule has 1 heterocycles. The summed E-state index contributed by atoms with van der Waals surface area (Å²) in [5.74, 6) is 1.73. The molecular weight excluding hydrogens is 444 g/mol. The predicted molar refractivity (Wildman–Crippen MR) is 134 cm³/mol. The molecule has 0 aliphatic carbocycles. The molecule has 182 valence electrons. The van der Waals surface area contributed by atoms with Crippen LogP contribution in [0.1, 0.15) is 35.2 Å². The summed E-state index contributed by atoms with van der Waals surface area (Å²) in [7, 11) is 3.21. The van der Waals surface area contributed by atoms with Crippen LogP contribution in [0.15, 0.2) is 60.7 Å². The number of amides is 2. The standard InChI is InChI=1S/C28H30N2O5/c1-17-9-10-18(2)25(13-17)35-27-26(23-15-22(33-4)11-12-24(23)34-5)30(28(27)32)16-20-7-6-8-21(14-20)29-19(3)31/h6-15,26-27H,16H2,1-5H3,(H,29,31)/t26-,27+/m0/s1. The predicted octanol–water partition coefficient (Wildman–Crippen LogP) is 4.81. The SMILES string of the molecule is COc1ccc(OC)c([C@H]2[C@@H](Oc3cc(C)ccc3C)C(=O)N2Cc2cccc(NC(C)=O)c2)c1. The van der Waals surface area contributed by atoms with Crippen LogP contribution in [0.4, 0.5) is 5.69 Å². The van der Waals surface area contributed by atoms with Crippen molar-refractivity contribution in [3.8, 4) is 17.2 Å². The third-order valence-corrected chi connectivity index (χ3v) is 6.10. The molecule has 2 atom stereocenters. The Morgan fingerprint density at radius 3 is 2.49 bits per heavy atom. The fraction of sp³-hybridized carbons (Fsp3) is 0.286. The van der Waals surface area contributed by atoms with Gasteiger partial charge < -0.3 is 24.4 Å². The summed E-state index contributed by atoms with van der Waals surface area (Å²) < 4.78 is 17.4. The van der Waals surface area contributed by atoms with Crippen LogP contribution in [0.25, 0.3) is 0 Å². The van der Waals surface area contributed by atoms with E-state index in [-0.39, 0.29) is 11.8 Å². The number of hydrogen-bond acceptors (Lipinski definition) is 5. The molecule has 1 N–H and O–H groups in total. The highest BCUT2D eigenvalue weighted by atomic mass is 16.5. The number of nitrogens with one attached hydrogen (secondary N) is 1. The fourth-order valence-electron chi connectivity index (χ4n) is 4.33. The lowest BCUT2D eigenvalue weighted by molar-refractivity contribution is -0.165. The summed E-state index contributed by atoms with van der Waals surface area (Å²) >= 11 is 0. The van der Waals surface area contributed by atoms with E-state index in [0.717, 1.165) is 22.3 Å². The van der Waals surface area contributed by atoms with Crippen molar-refractivity contribution in [2.75, 3.05) is 19.5 Å². The number of nitrogens with zero attached hydrogens (tertiary/aromatic N) is 1. The number of aryl methyl sites for hydroxylation is 2. The Kier molecular flexibility index (Phi) is 6.96. The van der Waals surface area contributed by atoms with Gasteiger partial charge in [0.25, 0.3) is 5.91 Å². The minimum atomic E-state index is -0.713. The van der Waals surface area contributed by atoms with Crippen molar-refractivity contribution in [2.24, 2.45) is 0 Å². The van der Waals surface area contributed by atoms with E-state index in [9.17, 15) is 9.59 Å². The fourth-order valence-corrected chi connectivity index (χ4v) is 4.33. The van der Waals surface area contributed by atoms with Gasteiger partial charge in [-0.25, -0.2) is 0 Å². The minimum Gasteiger partial charge on any atom is -0.497 e. The zero-order chi connectivity index (χ0) is 25.1. The van der Waals surface area contributed by atoms with Crippen LogP contribution >= 0.6 is 0 Å². The second-order valence-corrected chi connectivity index (χ2v) is 8.71. The molecule has 1 saturated heterocycles.